The van der Waals surface area contributed by atoms with E-state index in [0.717, 1.165) is 33.8 Å². The fourth-order valence-corrected chi connectivity index (χ4v) is 3.15. The Hall–Kier alpha value is -2.66. The summed E-state index contributed by atoms with van der Waals surface area (Å²) in [5.41, 5.74) is 4.99. The first-order valence-electron chi connectivity index (χ1n) is 9.95. The third-order valence-corrected chi connectivity index (χ3v) is 4.73. The standard InChI is InChI=1S/C23H31N3O2/c1-5-6-10-19-11-13-20(14-12-19)24-21(27)15-26(4)16-22(28)25-23-17(2)8-7-9-18(23)3/h7-9,11-14H,5-6,10,15-16H2,1-4H3,(H,24,27)(H,25,28)/p+1. The largest absolute Gasteiger partial charge is 0.322 e. The van der Waals surface area contributed by atoms with Gasteiger partial charge in [-0.1, -0.05) is 43.7 Å². The number of rotatable bonds is 9. The molecule has 0 saturated carbocycles. The molecule has 1 atom stereocenters. The van der Waals surface area contributed by atoms with Gasteiger partial charge in [-0.15, -0.1) is 0 Å². The second-order valence-corrected chi connectivity index (χ2v) is 7.47. The number of anilines is 2. The molecule has 5 heteroatoms. The summed E-state index contributed by atoms with van der Waals surface area (Å²) in [6.07, 6.45) is 3.40. The molecule has 0 aliphatic heterocycles. The smallest absolute Gasteiger partial charge is 0.279 e. The molecule has 0 saturated heterocycles. The van der Waals surface area contributed by atoms with Crippen LogP contribution in [0.4, 0.5) is 11.4 Å². The molecule has 28 heavy (non-hydrogen) atoms. The van der Waals surface area contributed by atoms with Crippen molar-refractivity contribution in [2.75, 3.05) is 30.8 Å². The van der Waals surface area contributed by atoms with Gasteiger partial charge in [0, 0.05) is 11.4 Å². The van der Waals surface area contributed by atoms with Crippen molar-refractivity contribution >= 4 is 23.2 Å². The number of carbonyl (C=O) groups excluding carboxylic acids is 2. The molecule has 5 nitrogen and oxygen atoms in total. The van der Waals surface area contributed by atoms with Gasteiger partial charge in [-0.05, 0) is 55.5 Å². The van der Waals surface area contributed by atoms with Gasteiger partial charge in [-0.25, -0.2) is 0 Å². The second-order valence-electron chi connectivity index (χ2n) is 7.47. The second kappa shape index (κ2) is 10.6. The molecule has 0 spiro atoms. The third kappa shape index (κ3) is 6.82. The highest BCUT2D eigenvalue weighted by Crippen LogP contribution is 2.18. The van der Waals surface area contributed by atoms with Crippen molar-refractivity contribution < 1.29 is 14.5 Å². The van der Waals surface area contributed by atoms with E-state index in [1.807, 2.05) is 51.2 Å². The van der Waals surface area contributed by atoms with Gasteiger partial charge >= 0.3 is 0 Å². The van der Waals surface area contributed by atoms with Gasteiger partial charge in [0.15, 0.2) is 13.1 Å². The maximum absolute atomic E-state index is 12.3. The molecule has 1 unspecified atom stereocenters. The van der Waals surface area contributed by atoms with Crippen LogP contribution < -0.4 is 15.5 Å². The zero-order chi connectivity index (χ0) is 20.5. The van der Waals surface area contributed by atoms with Gasteiger partial charge in [-0.3, -0.25) is 9.59 Å². The first kappa shape index (κ1) is 21.6. The van der Waals surface area contributed by atoms with Crippen molar-refractivity contribution in [1.29, 1.82) is 0 Å². The lowest BCUT2D eigenvalue weighted by atomic mass is 10.1. The van der Waals surface area contributed by atoms with Crippen LogP contribution in [0.5, 0.6) is 0 Å². The summed E-state index contributed by atoms with van der Waals surface area (Å²) in [6.45, 7) is 6.59. The fraction of sp³-hybridized carbons (Fsp3) is 0.391. The summed E-state index contributed by atoms with van der Waals surface area (Å²) >= 11 is 0. The average molecular weight is 383 g/mol. The number of unbranched alkanes of at least 4 members (excludes halogenated alkanes) is 1. The predicted molar refractivity (Wildman–Crippen MR) is 115 cm³/mol. The first-order valence-corrected chi connectivity index (χ1v) is 9.95. The SMILES string of the molecule is CCCCc1ccc(NC(=O)C[NH+](C)CC(=O)Nc2c(C)cccc2C)cc1. The Labute approximate surface area is 168 Å². The maximum Gasteiger partial charge on any atom is 0.279 e. The highest BCUT2D eigenvalue weighted by molar-refractivity contribution is 5.94. The van der Waals surface area contributed by atoms with Gasteiger partial charge in [0.05, 0.1) is 7.05 Å². The van der Waals surface area contributed by atoms with Crippen molar-refractivity contribution in [3.05, 3.63) is 59.2 Å². The molecule has 150 valence electrons. The van der Waals surface area contributed by atoms with E-state index in [4.69, 9.17) is 0 Å². The van der Waals surface area contributed by atoms with Crippen LogP contribution >= 0.6 is 0 Å². The lowest BCUT2D eigenvalue weighted by Gasteiger charge is -2.15. The molecule has 3 N–H and O–H groups in total. The zero-order valence-corrected chi connectivity index (χ0v) is 17.4. The first-order chi connectivity index (χ1) is 13.4. The van der Waals surface area contributed by atoms with Crippen LogP contribution in [-0.4, -0.2) is 32.0 Å². The Kier molecular flexibility index (Phi) is 8.20. The van der Waals surface area contributed by atoms with Gasteiger partial charge in [0.2, 0.25) is 0 Å². The van der Waals surface area contributed by atoms with Crippen molar-refractivity contribution in [2.45, 2.75) is 40.0 Å². The minimum atomic E-state index is -0.0984. The van der Waals surface area contributed by atoms with Crippen LogP contribution in [0.25, 0.3) is 0 Å². The number of nitrogens with one attached hydrogen (secondary N) is 3. The number of para-hydroxylation sites is 1. The number of benzene rings is 2. The molecule has 2 rings (SSSR count). The van der Waals surface area contributed by atoms with E-state index in [1.165, 1.54) is 18.4 Å². The number of amides is 2. The Bertz CT molecular complexity index is 780. The lowest BCUT2D eigenvalue weighted by molar-refractivity contribution is -0.862. The molecular formula is C23H32N3O2+. The van der Waals surface area contributed by atoms with Crippen molar-refractivity contribution in [3.63, 3.8) is 0 Å². The summed E-state index contributed by atoms with van der Waals surface area (Å²) in [6, 6.07) is 13.9. The number of hydrogen-bond acceptors (Lipinski definition) is 2. The quantitative estimate of drug-likeness (QED) is 0.624. The normalized spacial score (nSPS) is 11.7. The van der Waals surface area contributed by atoms with Crippen LogP contribution in [0.1, 0.15) is 36.5 Å². The number of aryl methyl sites for hydroxylation is 3. The number of carbonyl (C=O) groups is 2. The Morgan fingerprint density at radius 3 is 2.04 bits per heavy atom. The molecule has 0 bridgehead atoms. The molecular weight excluding hydrogens is 350 g/mol. The molecule has 2 aromatic carbocycles. The van der Waals surface area contributed by atoms with Gasteiger partial charge in [-0.2, -0.15) is 0 Å². The van der Waals surface area contributed by atoms with Crippen LogP contribution in [0, 0.1) is 13.8 Å². The summed E-state index contributed by atoms with van der Waals surface area (Å²) in [5, 5.41) is 5.87. The molecule has 0 aliphatic carbocycles. The Morgan fingerprint density at radius 2 is 1.46 bits per heavy atom. The molecule has 0 radical (unpaired) electrons. The minimum absolute atomic E-state index is 0.0945. The van der Waals surface area contributed by atoms with E-state index in [0.29, 0.717) is 0 Å². The van der Waals surface area contributed by atoms with E-state index in [1.54, 1.807) is 0 Å². The average Bonchev–Trinajstić information content (AvgIpc) is 2.64. The summed E-state index contributed by atoms with van der Waals surface area (Å²) in [5.74, 6) is -0.193. The monoisotopic (exact) mass is 382 g/mol. The number of likely N-dealkylation sites (N-methyl/N-ethyl adjacent to an activating group) is 1. The van der Waals surface area contributed by atoms with Crippen LogP contribution in [0.2, 0.25) is 0 Å². The summed E-state index contributed by atoms with van der Waals surface area (Å²) < 4.78 is 0. The van der Waals surface area contributed by atoms with E-state index in [-0.39, 0.29) is 24.9 Å². The Morgan fingerprint density at radius 1 is 0.893 bits per heavy atom. The molecule has 0 heterocycles. The van der Waals surface area contributed by atoms with Crippen LogP contribution in [0.15, 0.2) is 42.5 Å². The van der Waals surface area contributed by atoms with Crippen molar-refractivity contribution in [1.82, 2.24) is 0 Å². The molecule has 0 fully saturated rings. The zero-order valence-electron chi connectivity index (χ0n) is 17.4. The molecule has 0 aliphatic rings. The van der Waals surface area contributed by atoms with Crippen molar-refractivity contribution in [2.24, 2.45) is 0 Å². The highest BCUT2D eigenvalue weighted by atomic mass is 16.2. The lowest BCUT2D eigenvalue weighted by Crippen LogP contribution is -3.11. The van der Waals surface area contributed by atoms with E-state index >= 15 is 0 Å². The van der Waals surface area contributed by atoms with E-state index in [2.05, 4.69) is 29.7 Å². The minimum Gasteiger partial charge on any atom is -0.322 e. The molecule has 2 amide bonds. The summed E-state index contributed by atoms with van der Waals surface area (Å²) in [7, 11) is 1.84. The topological polar surface area (TPSA) is 62.6 Å². The molecule has 0 aromatic heterocycles. The van der Waals surface area contributed by atoms with Crippen LogP contribution in [0.3, 0.4) is 0 Å². The molecule has 2 aromatic rings. The maximum atomic E-state index is 12.3. The van der Waals surface area contributed by atoms with Gasteiger partial charge in [0.25, 0.3) is 11.8 Å². The van der Waals surface area contributed by atoms with E-state index in [9.17, 15) is 9.59 Å². The van der Waals surface area contributed by atoms with Crippen LogP contribution in [-0.2, 0) is 16.0 Å². The number of hydrogen-bond donors (Lipinski definition) is 3. The Balaban J connectivity index is 1.81. The highest BCUT2D eigenvalue weighted by Gasteiger charge is 2.15. The predicted octanol–water partition coefficient (Wildman–Crippen LogP) is 2.74. The van der Waals surface area contributed by atoms with Crippen molar-refractivity contribution in [3.8, 4) is 0 Å². The van der Waals surface area contributed by atoms with E-state index < -0.39 is 0 Å². The van der Waals surface area contributed by atoms with Gasteiger partial charge < -0.3 is 15.5 Å². The third-order valence-electron chi connectivity index (χ3n) is 4.73. The fourth-order valence-electron chi connectivity index (χ4n) is 3.15. The number of quaternary nitrogens is 1. The van der Waals surface area contributed by atoms with Gasteiger partial charge in [0.1, 0.15) is 0 Å². The summed E-state index contributed by atoms with van der Waals surface area (Å²) in [4.78, 5) is 25.4.